The van der Waals surface area contributed by atoms with Crippen LogP contribution in [0.4, 0.5) is 4.39 Å². The van der Waals surface area contributed by atoms with Gasteiger partial charge in [-0.3, -0.25) is 9.89 Å². The molecular formula is C18H27FIN5. The molecule has 1 saturated heterocycles. The summed E-state index contributed by atoms with van der Waals surface area (Å²) >= 11 is 0. The van der Waals surface area contributed by atoms with Crippen molar-refractivity contribution in [1.82, 2.24) is 15.1 Å². The number of hydrogen-bond donors (Lipinski definition) is 1. The van der Waals surface area contributed by atoms with Gasteiger partial charge in [0.2, 0.25) is 0 Å². The average molecular weight is 459 g/mol. The Hall–Kier alpha value is -1.40. The normalized spacial score (nSPS) is 17.4. The summed E-state index contributed by atoms with van der Waals surface area (Å²) in [5.74, 6) is 0.478. The van der Waals surface area contributed by atoms with Crippen LogP contribution in [-0.2, 0) is 6.54 Å². The fourth-order valence-corrected chi connectivity index (χ4v) is 3.26. The van der Waals surface area contributed by atoms with Gasteiger partial charge in [0.25, 0.3) is 0 Å². The number of nitrogens with one attached hydrogen (secondary N) is 1. The van der Waals surface area contributed by atoms with Crippen molar-refractivity contribution < 1.29 is 4.39 Å². The van der Waals surface area contributed by atoms with Gasteiger partial charge in [0.1, 0.15) is 5.82 Å². The van der Waals surface area contributed by atoms with Crippen LogP contribution >= 0.6 is 24.0 Å². The topological polar surface area (TPSA) is 54.7 Å². The van der Waals surface area contributed by atoms with Gasteiger partial charge < -0.3 is 10.2 Å². The van der Waals surface area contributed by atoms with Crippen molar-refractivity contribution in [3.63, 3.8) is 0 Å². The maximum atomic E-state index is 13.9. The first kappa shape index (κ1) is 21.6. The standard InChI is InChI=1S/C18H26FN5.HI/c1-4-23(5-2)16-8-9-24(13-16)18(21-3)22-12-15-10-14(11-20)6-7-17(15)19;/h6-7,10,16H,4-5,8-9,12-13H2,1-3H3,(H,21,22);1H. The van der Waals surface area contributed by atoms with Crippen molar-refractivity contribution in [3.05, 3.63) is 35.1 Å². The highest BCUT2D eigenvalue weighted by Crippen LogP contribution is 2.16. The Morgan fingerprint density at radius 3 is 2.76 bits per heavy atom. The fourth-order valence-electron chi connectivity index (χ4n) is 3.26. The molecule has 1 atom stereocenters. The zero-order valence-electron chi connectivity index (χ0n) is 15.1. The van der Waals surface area contributed by atoms with Crippen LogP contribution in [0, 0.1) is 17.1 Å². The Kier molecular flexibility index (Phi) is 9.14. The minimum atomic E-state index is -0.306. The molecule has 7 heteroatoms. The minimum Gasteiger partial charge on any atom is -0.352 e. The summed E-state index contributed by atoms with van der Waals surface area (Å²) in [6.45, 7) is 8.67. The highest BCUT2D eigenvalue weighted by Gasteiger charge is 2.27. The summed E-state index contributed by atoms with van der Waals surface area (Å²) in [4.78, 5) is 9.01. The molecule has 25 heavy (non-hydrogen) atoms. The summed E-state index contributed by atoms with van der Waals surface area (Å²) < 4.78 is 13.9. The molecule has 1 unspecified atom stereocenters. The van der Waals surface area contributed by atoms with Gasteiger partial charge in [-0.25, -0.2) is 4.39 Å². The molecule has 1 aliphatic rings. The van der Waals surface area contributed by atoms with Crippen LogP contribution < -0.4 is 5.32 Å². The lowest BCUT2D eigenvalue weighted by molar-refractivity contribution is 0.223. The third-order valence-electron chi connectivity index (χ3n) is 4.62. The molecule has 1 aromatic carbocycles. The lowest BCUT2D eigenvalue weighted by Gasteiger charge is -2.27. The molecule has 2 rings (SSSR count). The molecular weight excluding hydrogens is 432 g/mol. The molecule has 0 spiro atoms. The van der Waals surface area contributed by atoms with E-state index < -0.39 is 0 Å². The van der Waals surface area contributed by atoms with Gasteiger partial charge in [-0.05, 0) is 37.7 Å². The Labute approximate surface area is 166 Å². The first-order valence-electron chi connectivity index (χ1n) is 8.51. The van der Waals surface area contributed by atoms with Gasteiger partial charge in [-0.1, -0.05) is 13.8 Å². The van der Waals surface area contributed by atoms with Gasteiger partial charge in [0.15, 0.2) is 5.96 Å². The van der Waals surface area contributed by atoms with Crippen LogP contribution in [0.2, 0.25) is 0 Å². The van der Waals surface area contributed by atoms with Crippen molar-refractivity contribution in [2.45, 2.75) is 32.9 Å². The highest BCUT2D eigenvalue weighted by molar-refractivity contribution is 14.0. The van der Waals surface area contributed by atoms with Crippen molar-refractivity contribution in [2.24, 2.45) is 4.99 Å². The van der Waals surface area contributed by atoms with Gasteiger partial charge in [0.05, 0.1) is 11.6 Å². The van der Waals surface area contributed by atoms with E-state index in [0.717, 1.165) is 38.6 Å². The summed E-state index contributed by atoms with van der Waals surface area (Å²) in [6, 6.07) is 6.99. The smallest absolute Gasteiger partial charge is 0.193 e. The Bertz CT molecular complexity index is 624. The van der Waals surface area contributed by atoms with Gasteiger partial charge in [-0.2, -0.15) is 5.26 Å². The van der Waals surface area contributed by atoms with E-state index in [2.05, 4.69) is 34.0 Å². The number of hydrogen-bond acceptors (Lipinski definition) is 3. The van der Waals surface area contributed by atoms with Gasteiger partial charge in [-0.15, -0.1) is 24.0 Å². The van der Waals surface area contributed by atoms with E-state index in [0.29, 0.717) is 23.7 Å². The molecule has 0 aliphatic carbocycles. The van der Waals surface area contributed by atoms with Crippen LogP contribution in [0.15, 0.2) is 23.2 Å². The second kappa shape index (κ2) is 10.6. The lowest BCUT2D eigenvalue weighted by Crippen LogP contribution is -2.43. The Balaban J connectivity index is 0.00000312. The number of aliphatic imine (C=N–C) groups is 1. The van der Waals surface area contributed by atoms with Crippen LogP contribution in [0.1, 0.15) is 31.4 Å². The highest BCUT2D eigenvalue weighted by atomic mass is 127. The number of likely N-dealkylation sites (tertiary alicyclic amines) is 1. The van der Waals surface area contributed by atoms with E-state index in [-0.39, 0.29) is 29.8 Å². The molecule has 1 aliphatic heterocycles. The van der Waals surface area contributed by atoms with E-state index in [9.17, 15) is 4.39 Å². The number of benzene rings is 1. The van der Waals surface area contributed by atoms with Crippen LogP contribution in [0.25, 0.3) is 0 Å². The number of nitriles is 1. The largest absolute Gasteiger partial charge is 0.352 e. The van der Waals surface area contributed by atoms with E-state index in [1.165, 1.54) is 12.1 Å². The molecule has 1 heterocycles. The SMILES string of the molecule is CCN(CC)C1CCN(C(=NC)NCc2cc(C#N)ccc2F)C1.I. The summed E-state index contributed by atoms with van der Waals surface area (Å²) in [5, 5.41) is 12.2. The molecule has 1 N–H and O–H groups in total. The van der Waals surface area contributed by atoms with Crippen molar-refractivity contribution in [2.75, 3.05) is 33.2 Å². The number of guanidine groups is 1. The Morgan fingerprint density at radius 2 is 2.16 bits per heavy atom. The van der Waals surface area contributed by atoms with Gasteiger partial charge >= 0.3 is 0 Å². The van der Waals surface area contributed by atoms with Gasteiger partial charge in [0, 0.05) is 38.3 Å². The average Bonchev–Trinajstić information content (AvgIpc) is 3.08. The van der Waals surface area contributed by atoms with Crippen LogP contribution in [0.5, 0.6) is 0 Å². The molecule has 1 fully saturated rings. The maximum absolute atomic E-state index is 13.9. The predicted molar refractivity (Wildman–Crippen MR) is 110 cm³/mol. The van der Waals surface area contributed by atoms with E-state index >= 15 is 0 Å². The second-order valence-electron chi connectivity index (χ2n) is 5.93. The quantitative estimate of drug-likeness (QED) is 0.418. The molecule has 5 nitrogen and oxygen atoms in total. The number of halogens is 2. The fraction of sp³-hybridized carbons (Fsp3) is 0.556. The third-order valence-corrected chi connectivity index (χ3v) is 4.62. The lowest BCUT2D eigenvalue weighted by atomic mass is 10.1. The van der Waals surface area contributed by atoms with Crippen LogP contribution in [-0.4, -0.2) is 55.0 Å². The molecule has 0 aromatic heterocycles. The van der Waals surface area contributed by atoms with Crippen molar-refractivity contribution >= 4 is 29.9 Å². The minimum absolute atomic E-state index is 0. The first-order valence-corrected chi connectivity index (χ1v) is 8.51. The monoisotopic (exact) mass is 459 g/mol. The summed E-state index contributed by atoms with van der Waals surface area (Å²) in [6.07, 6.45) is 1.11. The zero-order chi connectivity index (χ0) is 17.5. The van der Waals surface area contributed by atoms with E-state index in [1.807, 2.05) is 6.07 Å². The van der Waals surface area contributed by atoms with Crippen LogP contribution in [0.3, 0.4) is 0 Å². The summed E-state index contributed by atoms with van der Waals surface area (Å²) in [5.41, 5.74) is 0.945. The first-order chi connectivity index (χ1) is 11.6. The molecule has 0 bridgehead atoms. The zero-order valence-corrected chi connectivity index (χ0v) is 17.5. The molecule has 0 amide bonds. The predicted octanol–water partition coefficient (Wildman–Crippen LogP) is 2.81. The van der Waals surface area contributed by atoms with Crippen molar-refractivity contribution in [1.29, 1.82) is 5.26 Å². The maximum Gasteiger partial charge on any atom is 0.193 e. The van der Waals surface area contributed by atoms with E-state index in [1.54, 1.807) is 13.1 Å². The molecule has 0 saturated carbocycles. The van der Waals surface area contributed by atoms with Crippen molar-refractivity contribution in [3.8, 4) is 6.07 Å². The number of rotatable bonds is 5. The molecule has 138 valence electrons. The summed E-state index contributed by atoms with van der Waals surface area (Å²) in [7, 11) is 1.75. The molecule has 1 aromatic rings. The molecule has 0 radical (unpaired) electrons. The van der Waals surface area contributed by atoms with E-state index in [4.69, 9.17) is 5.26 Å². The number of nitrogens with zero attached hydrogens (tertiary/aromatic N) is 4. The number of likely N-dealkylation sites (N-methyl/N-ethyl adjacent to an activating group) is 1. The second-order valence-corrected chi connectivity index (χ2v) is 5.93. The third kappa shape index (κ3) is 5.54. The Morgan fingerprint density at radius 1 is 1.44 bits per heavy atom.